The first-order valence-corrected chi connectivity index (χ1v) is 6.40. The molecule has 4 aliphatic carbocycles. The van der Waals surface area contributed by atoms with E-state index in [0.29, 0.717) is 30.6 Å². The van der Waals surface area contributed by atoms with Crippen LogP contribution in [0.1, 0.15) is 38.5 Å². The topological polar surface area (TPSA) is 33.0 Å². The van der Waals surface area contributed by atoms with Crippen molar-refractivity contribution in [1.82, 2.24) is 0 Å². The molecule has 4 bridgehead atoms. The van der Waals surface area contributed by atoms with E-state index >= 15 is 0 Å². The minimum atomic E-state index is -0.886. The molecular formula is C13H16FNO. The van der Waals surface area contributed by atoms with Gasteiger partial charge in [-0.3, -0.25) is 0 Å². The Morgan fingerprint density at radius 3 is 2.25 bits per heavy atom. The lowest BCUT2D eigenvalue weighted by Crippen LogP contribution is -2.69. The van der Waals surface area contributed by atoms with Crippen molar-refractivity contribution in [3.8, 4) is 6.07 Å². The van der Waals surface area contributed by atoms with Gasteiger partial charge in [-0.1, -0.05) is 0 Å². The number of ether oxygens (including phenoxy) is 1. The Bertz CT molecular complexity index is 364. The Morgan fingerprint density at radius 1 is 1.12 bits per heavy atom. The molecule has 1 heterocycles. The second-order valence-corrected chi connectivity index (χ2v) is 6.39. The summed E-state index contributed by atoms with van der Waals surface area (Å²) in [7, 11) is 0. The maximum absolute atomic E-state index is 14.4. The molecule has 2 nitrogen and oxygen atoms in total. The average molecular weight is 221 g/mol. The van der Waals surface area contributed by atoms with Gasteiger partial charge in [-0.2, -0.15) is 5.26 Å². The monoisotopic (exact) mass is 221 g/mol. The first-order chi connectivity index (χ1) is 7.63. The van der Waals surface area contributed by atoms with Gasteiger partial charge >= 0.3 is 0 Å². The molecule has 5 aliphatic rings. The van der Waals surface area contributed by atoms with E-state index < -0.39 is 5.67 Å². The maximum atomic E-state index is 14.4. The van der Waals surface area contributed by atoms with E-state index in [0.717, 1.165) is 25.7 Å². The van der Waals surface area contributed by atoms with Gasteiger partial charge in [-0.25, -0.2) is 4.39 Å². The second kappa shape index (κ2) is 2.61. The van der Waals surface area contributed by atoms with Crippen molar-refractivity contribution in [2.75, 3.05) is 0 Å². The normalized spacial score (nSPS) is 62.0. The molecule has 0 aromatic heterocycles. The molecule has 16 heavy (non-hydrogen) atoms. The molecule has 4 unspecified atom stereocenters. The quantitative estimate of drug-likeness (QED) is 0.630. The number of rotatable bonds is 0. The fraction of sp³-hybridized carbons (Fsp3) is 0.923. The van der Waals surface area contributed by atoms with Gasteiger partial charge < -0.3 is 4.74 Å². The highest BCUT2D eigenvalue weighted by molar-refractivity contribution is 5.19. The lowest BCUT2D eigenvalue weighted by molar-refractivity contribution is -0.303. The van der Waals surface area contributed by atoms with Gasteiger partial charge in [-0.05, 0) is 49.9 Å². The SMILES string of the molecule is N#CC1CC2(O1)[C@@H]1CC3C[C@H]2CC(F)(C3)C1. The van der Waals surface area contributed by atoms with Gasteiger partial charge in [0.1, 0.15) is 11.8 Å². The number of nitriles is 1. The van der Waals surface area contributed by atoms with Crippen LogP contribution < -0.4 is 0 Å². The van der Waals surface area contributed by atoms with Gasteiger partial charge in [0.25, 0.3) is 0 Å². The Morgan fingerprint density at radius 2 is 1.75 bits per heavy atom. The molecule has 1 spiro atoms. The number of hydrogen-bond acceptors (Lipinski definition) is 2. The Hall–Kier alpha value is -0.620. The van der Waals surface area contributed by atoms with E-state index in [1.165, 1.54) is 0 Å². The molecule has 0 radical (unpaired) electrons. The number of hydrogen-bond donors (Lipinski definition) is 0. The highest BCUT2D eigenvalue weighted by atomic mass is 19.1. The molecule has 1 saturated heterocycles. The van der Waals surface area contributed by atoms with Crippen LogP contribution in [0.15, 0.2) is 0 Å². The standard InChI is InChI=1S/C13H16FNO/c14-12-3-8-1-9(4-12)13(10(2-8)5-12)6-11(7-15)16-13/h8-11H,1-6H2/t8?,9-,10+,11?,12?,13?. The van der Waals surface area contributed by atoms with Crippen LogP contribution in [-0.2, 0) is 4.74 Å². The van der Waals surface area contributed by atoms with Crippen molar-refractivity contribution < 1.29 is 9.13 Å². The van der Waals surface area contributed by atoms with Gasteiger partial charge in [0, 0.05) is 6.42 Å². The lowest BCUT2D eigenvalue weighted by Gasteiger charge is -2.66. The molecule has 5 rings (SSSR count). The summed E-state index contributed by atoms with van der Waals surface area (Å²) in [4.78, 5) is 0. The summed E-state index contributed by atoms with van der Waals surface area (Å²) in [6.07, 6.45) is 5.10. The summed E-state index contributed by atoms with van der Waals surface area (Å²) in [5.41, 5.74) is -0.976. The molecule has 0 aromatic rings. The minimum absolute atomic E-state index is 0.0904. The number of halogens is 1. The highest BCUT2D eigenvalue weighted by Gasteiger charge is 2.67. The summed E-state index contributed by atoms with van der Waals surface area (Å²) >= 11 is 0. The molecule has 0 N–H and O–H groups in total. The highest BCUT2D eigenvalue weighted by Crippen LogP contribution is 2.66. The predicted molar refractivity (Wildman–Crippen MR) is 55.2 cm³/mol. The van der Waals surface area contributed by atoms with Crippen LogP contribution in [-0.4, -0.2) is 17.4 Å². The molecule has 4 saturated carbocycles. The van der Waals surface area contributed by atoms with Gasteiger partial charge in [-0.15, -0.1) is 0 Å². The van der Waals surface area contributed by atoms with Crippen molar-refractivity contribution in [3.63, 3.8) is 0 Å². The zero-order valence-corrected chi connectivity index (χ0v) is 9.29. The van der Waals surface area contributed by atoms with E-state index in [9.17, 15) is 4.39 Å². The van der Waals surface area contributed by atoms with Gasteiger partial charge in [0.2, 0.25) is 0 Å². The summed E-state index contributed by atoms with van der Waals surface area (Å²) in [6.45, 7) is 0. The maximum Gasteiger partial charge on any atom is 0.147 e. The lowest BCUT2D eigenvalue weighted by atomic mass is 9.46. The summed E-state index contributed by atoms with van der Waals surface area (Å²) < 4.78 is 20.3. The fourth-order valence-corrected chi connectivity index (χ4v) is 5.11. The number of nitrogens with zero attached hydrogens (tertiary/aromatic N) is 1. The van der Waals surface area contributed by atoms with Crippen LogP contribution in [0.2, 0.25) is 0 Å². The molecule has 5 fully saturated rings. The van der Waals surface area contributed by atoms with Crippen molar-refractivity contribution in [2.45, 2.75) is 55.9 Å². The van der Waals surface area contributed by atoms with Crippen molar-refractivity contribution in [1.29, 1.82) is 5.26 Å². The van der Waals surface area contributed by atoms with Gasteiger partial charge in [0.15, 0.2) is 0 Å². The third-order valence-corrected chi connectivity index (χ3v) is 5.51. The van der Waals surface area contributed by atoms with Crippen LogP contribution in [0.5, 0.6) is 0 Å². The Kier molecular flexibility index (Phi) is 1.54. The summed E-state index contributed by atoms with van der Waals surface area (Å²) in [5, 5.41) is 8.83. The molecule has 1 aliphatic heterocycles. The average Bonchev–Trinajstić information content (AvgIpc) is 2.12. The zero-order valence-electron chi connectivity index (χ0n) is 9.29. The molecule has 0 amide bonds. The first kappa shape index (κ1) is 9.41. The minimum Gasteiger partial charge on any atom is -0.356 e. The van der Waals surface area contributed by atoms with Crippen molar-refractivity contribution >= 4 is 0 Å². The second-order valence-electron chi connectivity index (χ2n) is 6.39. The van der Waals surface area contributed by atoms with Crippen LogP contribution in [0.4, 0.5) is 4.39 Å². The summed E-state index contributed by atoms with van der Waals surface area (Å²) in [6, 6.07) is 2.18. The Labute approximate surface area is 94.8 Å². The van der Waals surface area contributed by atoms with Crippen molar-refractivity contribution in [3.05, 3.63) is 0 Å². The zero-order chi connectivity index (χ0) is 11.0. The van der Waals surface area contributed by atoms with E-state index in [4.69, 9.17) is 10.00 Å². The molecule has 3 heteroatoms. The molecule has 86 valence electrons. The third kappa shape index (κ3) is 0.953. The van der Waals surface area contributed by atoms with Crippen LogP contribution in [0, 0.1) is 29.1 Å². The van der Waals surface area contributed by atoms with E-state index in [-0.39, 0.29) is 11.7 Å². The number of alkyl halides is 1. The largest absolute Gasteiger partial charge is 0.356 e. The van der Waals surface area contributed by atoms with Gasteiger partial charge in [0.05, 0.1) is 11.7 Å². The van der Waals surface area contributed by atoms with Crippen molar-refractivity contribution in [2.24, 2.45) is 17.8 Å². The van der Waals surface area contributed by atoms with Crippen LogP contribution in [0.25, 0.3) is 0 Å². The first-order valence-electron chi connectivity index (χ1n) is 6.40. The predicted octanol–water partition coefficient (Wildman–Crippen LogP) is 2.59. The van der Waals surface area contributed by atoms with Crippen LogP contribution >= 0.6 is 0 Å². The molecule has 0 aromatic carbocycles. The smallest absolute Gasteiger partial charge is 0.147 e. The molecule has 6 atom stereocenters. The molecular weight excluding hydrogens is 205 g/mol. The van der Waals surface area contributed by atoms with E-state index in [1.807, 2.05) is 0 Å². The fourth-order valence-electron chi connectivity index (χ4n) is 5.11. The summed E-state index contributed by atoms with van der Waals surface area (Å²) in [5.74, 6) is 1.39. The third-order valence-electron chi connectivity index (χ3n) is 5.51. The van der Waals surface area contributed by atoms with E-state index in [1.54, 1.807) is 0 Å². The van der Waals surface area contributed by atoms with Crippen LogP contribution in [0.3, 0.4) is 0 Å². The Balaban J connectivity index is 1.66. The van der Waals surface area contributed by atoms with E-state index in [2.05, 4.69) is 6.07 Å².